The number of anilines is 2. The van der Waals surface area contributed by atoms with E-state index in [9.17, 15) is 23.2 Å². The van der Waals surface area contributed by atoms with E-state index in [1.54, 1.807) is 4.90 Å². The SMILES string of the molecule is CC(C)CN(CC(C)C)[C@H](C(N)=O)C(=O)Nc1ccc(N2CCOCC2=O)c(C(F)F)c1. The molecule has 1 aromatic carbocycles. The van der Waals surface area contributed by atoms with Crippen LogP contribution in [0.15, 0.2) is 18.2 Å². The van der Waals surface area contributed by atoms with Crippen molar-refractivity contribution in [1.29, 1.82) is 0 Å². The van der Waals surface area contributed by atoms with Gasteiger partial charge in [-0.25, -0.2) is 8.78 Å². The molecule has 0 radical (unpaired) electrons. The zero-order valence-electron chi connectivity index (χ0n) is 18.9. The highest BCUT2D eigenvalue weighted by Crippen LogP contribution is 2.33. The quantitative estimate of drug-likeness (QED) is 0.528. The number of hydrogen-bond donors (Lipinski definition) is 2. The zero-order chi connectivity index (χ0) is 24.0. The van der Waals surface area contributed by atoms with Crippen LogP contribution in [-0.4, -0.2) is 61.5 Å². The maximum absolute atomic E-state index is 13.8. The molecule has 0 aromatic heterocycles. The molecule has 1 atom stereocenters. The Bertz CT molecular complexity index is 822. The Morgan fingerprint density at radius 3 is 2.31 bits per heavy atom. The summed E-state index contributed by atoms with van der Waals surface area (Å²) in [5.41, 5.74) is 5.31. The number of nitrogens with one attached hydrogen (secondary N) is 1. The van der Waals surface area contributed by atoms with Crippen LogP contribution in [0.2, 0.25) is 0 Å². The number of rotatable bonds is 10. The van der Waals surface area contributed by atoms with E-state index in [1.165, 1.54) is 17.0 Å². The van der Waals surface area contributed by atoms with Gasteiger partial charge in [-0.1, -0.05) is 27.7 Å². The zero-order valence-corrected chi connectivity index (χ0v) is 18.9. The fraction of sp³-hybridized carbons (Fsp3) is 0.591. The minimum Gasteiger partial charge on any atom is -0.370 e. The van der Waals surface area contributed by atoms with Gasteiger partial charge in [-0.05, 0) is 30.0 Å². The second-order valence-electron chi connectivity index (χ2n) is 8.71. The van der Waals surface area contributed by atoms with Crippen LogP contribution < -0.4 is 16.0 Å². The smallest absolute Gasteiger partial charge is 0.265 e. The molecule has 0 spiro atoms. The molecule has 0 bridgehead atoms. The van der Waals surface area contributed by atoms with Crippen LogP contribution in [0.5, 0.6) is 0 Å². The number of primary amides is 1. The van der Waals surface area contributed by atoms with Crippen LogP contribution in [-0.2, 0) is 19.1 Å². The number of halogens is 2. The lowest BCUT2D eigenvalue weighted by Crippen LogP contribution is -2.54. The van der Waals surface area contributed by atoms with Crippen LogP contribution in [0.3, 0.4) is 0 Å². The second-order valence-corrected chi connectivity index (χ2v) is 8.71. The summed E-state index contributed by atoms with van der Waals surface area (Å²) in [5, 5.41) is 2.54. The summed E-state index contributed by atoms with van der Waals surface area (Å²) in [6, 6.07) is 2.66. The average Bonchev–Trinajstić information content (AvgIpc) is 2.67. The van der Waals surface area contributed by atoms with Gasteiger partial charge >= 0.3 is 0 Å². The highest BCUT2D eigenvalue weighted by molar-refractivity contribution is 6.09. The van der Waals surface area contributed by atoms with Crippen LogP contribution in [0, 0.1) is 11.8 Å². The Hall–Kier alpha value is -2.59. The first kappa shape index (κ1) is 25.7. The number of amides is 3. The number of carbonyl (C=O) groups is 3. The fourth-order valence-electron chi connectivity index (χ4n) is 3.73. The first-order valence-corrected chi connectivity index (χ1v) is 10.7. The molecule has 1 aliphatic heterocycles. The van der Waals surface area contributed by atoms with Gasteiger partial charge in [-0.2, -0.15) is 0 Å². The molecule has 32 heavy (non-hydrogen) atoms. The lowest BCUT2D eigenvalue weighted by molar-refractivity contribution is -0.133. The molecule has 1 fully saturated rings. The van der Waals surface area contributed by atoms with Gasteiger partial charge in [-0.15, -0.1) is 0 Å². The van der Waals surface area contributed by atoms with Crippen molar-refractivity contribution in [2.24, 2.45) is 17.6 Å². The molecule has 178 valence electrons. The third kappa shape index (κ3) is 6.70. The summed E-state index contributed by atoms with van der Waals surface area (Å²) in [6.45, 7) is 9.02. The minimum atomic E-state index is -2.87. The molecule has 3 amide bonds. The van der Waals surface area contributed by atoms with E-state index in [0.29, 0.717) is 13.1 Å². The van der Waals surface area contributed by atoms with E-state index in [4.69, 9.17) is 10.5 Å². The van der Waals surface area contributed by atoms with Crippen molar-refractivity contribution in [2.45, 2.75) is 40.2 Å². The molecular weight excluding hydrogens is 422 g/mol. The summed E-state index contributed by atoms with van der Waals surface area (Å²) in [5.74, 6) is -1.55. The average molecular weight is 455 g/mol. The number of morpholine rings is 1. The standard InChI is InChI=1S/C22H32F2N4O4/c1-13(2)10-27(11-14(3)4)19(21(25)30)22(31)26-15-5-6-17(16(9-15)20(23)24)28-7-8-32-12-18(28)29/h5-6,9,13-14,19-20H,7-8,10-12H2,1-4H3,(H2,25,30)(H,26,31)/t19-/m1/s1. The van der Waals surface area contributed by atoms with Crippen LogP contribution in [0.25, 0.3) is 0 Å². The first-order valence-electron chi connectivity index (χ1n) is 10.7. The number of ether oxygens (including phenoxy) is 1. The lowest BCUT2D eigenvalue weighted by Gasteiger charge is -2.31. The summed E-state index contributed by atoms with van der Waals surface area (Å²) in [4.78, 5) is 40.1. The maximum Gasteiger partial charge on any atom is 0.265 e. The Kier molecular flexibility index (Phi) is 9.09. The Morgan fingerprint density at radius 1 is 1.19 bits per heavy atom. The molecule has 2 rings (SSSR count). The minimum absolute atomic E-state index is 0.0685. The molecular formula is C22H32F2N4O4. The molecule has 0 unspecified atom stereocenters. The number of nitrogens with zero attached hydrogens (tertiary/aromatic N) is 2. The van der Waals surface area contributed by atoms with E-state index < -0.39 is 35.8 Å². The molecule has 3 N–H and O–H groups in total. The van der Waals surface area contributed by atoms with Gasteiger partial charge in [0, 0.05) is 30.9 Å². The van der Waals surface area contributed by atoms with E-state index >= 15 is 0 Å². The van der Waals surface area contributed by atoms with E-state index in [1.807, 2.05) is 27.7 Å². The summed E-state index contributed by atoms with van der Waals surface area (Å²) >= 11 is 0. The molecule has 1 aliphatic rings. The molecule has 0 saturated carbocycles. The Morgan fingerprint density at radius 2 is 1.81 bits per heavy atom. The fourth-order valence-corrected chi connectivity index (χ4v) is 3.73. The van der Waals surface area contributed by atoms with Gasteiger partial charge in [0.15, 0.2) is 6.04 Å². The third-order valence-electron chi connectivity index (χ3n) is 4.89. The summed E-state index contributed by atoms with van der Waals surface area (Å²) in [7, 11) is 0. The number of carbonyl (C=O) groups excluding carboxylic acids is 3. The molecule has 0 aliphatic carbocycles. The van der Waals surface area contributed by atoms with E-state index in [0.717, 1.165) is 6.07 Å². The van der Waals surface area contributed by atoms with Crippen molar-refractivity contribution in [3.63, 3.8) is 0 Å². The van der Waals surface area contributed by atoms with Crippen molar-refractivity contribution in [1.82, 2.24) is 4.90 Å². The highest BCUT2D eigenvalue weighted by atomic mass is 19.3. The van der Waals surface area contributed by atoms with Gasteiger partial charge in [0.1, 0.15) is 6.61 Å². The monoisotopic (exact) mass is 454 g/mol. The predicted molar refractivity (Wildman–Crippen MR) is 117 cm³/mol. The van der Waals surface area contributed by atoms with Crippen molar-refractivity contribution in [2.75, 3.05) is 43.1 Å². The van der Waals surface area contributed by atoms with Gasteiger partial charge in [-0.3, -0.25) is 19.3 Å². The van der Waals surface area contributed by atoms with Gasteiger partial charge in [0.25, 0.3) is 18.2 Å². The van der Waals surface area contributed by atoms with Gasteiger partial charge in [0.05, 0.1) is 12.3 Å². The van der Waals surface area contributed by atoms with E-state index in [2.05, 4.69) is 5.32 Å². The Labute approximate surface area is 187 Å². The van der Waals surface area contributed by atoms with Crippen molar-refractivity contribution >= 4 is 29.1 Å². The molecule has 1 aromatic rings. The Balaban J connectivity index is 2.30. The van der Waals surface area contributed by atoms with Gasteiger partial charge < -0.3 is 20.7 Å². The number of nitrogens with two attached hydrogens (primary N) is 1. The number of benzene rings is 1. The number of hydrogen-bond acceptors (Lipinski definition) is 5. The normalized spacial score (nSPS) is 15.7. The van der Waals surface area contributed by atoms with Crippen molar-refractivity contribution in [3.05, 3.63) is 23.8 Å². The first-order chi connectivity index (χ1) is 15.0. The summed E-state index contributed by atoms with van der Waals surface area (Å²) in [6.07, 6.45) is -2.87. The van der Waals surface area contributed by atoms with Crippen molar-refractivity contribution in [3.8, 4) is 0 Å². The topological polar surface area (TPSA) is 105 Å². The van der Waals surface area contributed by atoms with Crippen LogP contribution >= 0.6 is 0 Å². The maximum atomic E-state index is 13.8. The molecule has 1 heterocycles. The lowest BCUT2D eigenvalue weighted by atomic mass is 10.1. The largest absolute Gasteiger partial charge is 0.370 e. The number of alkyl halides is 2. The second kappa shape index (κ2) is 11.3. The van der Waals surface area contributed by atoms with Crippen LogP contribution in [0.4, 0.5) is 20.2 Å². The predicted octanol–water partition coefficient (Wildman–Crippen LogP) is 2.39. The van der Waals surface area contributed by atoms with Gasteiger partial charge in [0.2, 0.25) is 5.91 Å². The third-order valence-corrected chi connectivity index (χ3v) is 4.89. The van der Waals surface area contributed by atoms with Crippen LogP contribution in [0.1, 0.15) is 39.7 Å². The summed E-state index contributed by atoms with van der Waals surface area (Å²) < 4.78 is 32.6. The van der Waals surface area contributed by atoms with E-state index in [-0.39, 0.29) is 43.0 Å². The molecule has 1 saturated heterocycles. The van der Waals surface area contributed by atoms with Crippen molar-refractivity contribution < 1.29 is 27.9 Å². The highest BCUT2D eigenvalue weighted by Gasteiger charge is 2.32. The molecule has 10 heteroatoms. The molecule has 8 nitrogen and oxygen atoms in total.